The first-order valence-electron chi connectivity index (χ1n) is 6.89. The molecular formula is C14H21NO4. The standard InChI is InChI=1S/C14H21NO4/c1-2-13(16)18-5-6-19-14(17)15-9-12-8-10-3-4-11(12)7-10/h2,10-12H,1,3-9H2,(H,15,17). The van der Waals surface area contributed by atoms with Gasteiger partial charge in [-0.05, 0) is 37.0 Å². The molecule has 0 aromatic carbocycles. The topological polar surface area (TPSA) is 64.6 Å². The van der Waals surface area contributed by atoms with Crippen molar-refractivity contribution >= 4 is 12.1 Å². The number of nitrogens with one attached hydrogen (secondary N) is 1. The number of alkyl carbamates (subject to hydrolysis) is 1. The van der Waals surface area contributed by atoms with E-state index in [-0.39, 0.29) is 13.2 Å². The number of ether oxygens (including phenoxy) is 2. The Balaban J connectivity index is 1.53. The van der Waals surface area contributed by atoms with Crippen molar-refractivity contribution in [2.45, 2.75) is 25.7 Å². The first-order valence-corrected chi connectivity index (χ1v) is 6.89. The Kier molecular flexibility index (Phi) is 4.82. The molecule has 3 unspecified atom stereocenters. The number of hydrogen-bond donors (Lipinski definition) is 1. The fraction of sp³-hybridized carbons (Fsp3) is 0.714. The molecule has 3 atom stereocenters. The zero-order valence-corrected chi connectivity index (χ0v) is 11.1. The zero-order chi connectivity index (χ0) is 13.7. The van der Waals surface area contributed by atoms with Gasteiger partial charge in [0.25, 0.3) is 0 Å². The van der Waals surface area contributed by atoms with E-state index in [0.717, 1.165) is 17.9 Å². The van der Waals surface area contributed by atoms with Crippen molar-refractivity contribution in [2.24, 2.45) is 17.8 Å². The van der Waals surface area contributed by atoms with Crippen LogP contribution in [-0.4, -0.2) is 31.8 Å². The smallest absolute Gasteiger partial charge is 0.407 e. The third-order valence-electron chi connectivity index (χ3n) is 4.12. The minimum atomic E-state index is -0.508. The molecule has 1 N–H and O–H groups in total. The molecule has 2 bridgehead atoms. The number of amides is 1. The first-order chi connectivity index (χ1) is 9.19. The molecule has 0 aromatic rings. The number of fused-ring (bicyclic) bond motifs is 2. The molecule has 106 valence electrons. The van der Waals surface area contributed by atoms with Crippen LogP contribution in [0.5, 0.6) is 0 Å². The molecule has 2 aliphatic rings. The van der Waals surface area contributed by atoms with Crippen LogP contribution in [-0.2, 0) is 14.3 Å². The van der Waals surface area contributed by atoms with Crippen LogP contribution in [0.25, 0.3) is 0 Å². The highest BCUT2D eigenvalue weighted by atomic mass is 16.6. The largest absolute Gasteiger partial charge is 0.459 e. The van der Waals surface area contributed by atoms with Gasteiger partial charge in [-0.3, -0.25) is 0 Å². The van der Waals surface area contributed by atoms with Crippen LogP contribution < -0.4 is 5.32 Å². The molecule has 0 heterocycles. The molecular weight excluding hydrogens is 246 g/mol. The molecule has 2 fully saturated rings. The van der Waals surface area contributed by atoms with Gasteiger partial charge in [-0.1, -0.05) is 13.0 Å². The van der Waals surface area contributed by atoms with Gasteiger partial charge in [-0.25, -0.2) is 9.59 Å². The van der Waals surface area contributed by atoms with Crippen LogP contribution in [0.15, 0.2) is 12.7 Å². The normalized spacial score (nSPS) is 27.9. The van der Waals surface area contributed by atoms with E-state index < -0.39 is 12.1 Å². The van der Waals surface area contributed by atoms with Gasteiger partial charge in [-0.2, -0.15) is 0 Å². The minimum Gasteiger partial charge on any atom is -0.459 e. The summed E-state index contributed by atoms with van der Waals surface area (Å²) in [6.07, 6.45) is 5.89. The van der Waals surface area contributed by atoms with Crippen molar-refractivity contribution in [1.29, 1.82) is 0 Å². The zero-order valence-electron chi connectivity index (χ0n) is 11.1. The monoisotopic (exact) mass is 267 g/mol. The number of esters is 1. The summed E-state index contributed by atoms with van der Waals surface area (Å²) in [6.45, 7) is 4.11. The quantitative estimate of drug-likeness (QED) is 0.453. The van der Waals surface area contributed by atoms with E-state index in [4.69, 9.17) is 9.47 Å². The van der Waals surface area contributed by atoms with Crippen LogP contribution in [0.4, 0.5) is 4.79 Å². The number of hydrogen-bond acceptors (Lipinski definition) is 4. The predicted octanol–water partition coefficient (Wildman–Crippen LogP) is 1.88. The lowest BCUT2D eigenvalue weighted by molar-refractivity contribution is -0.138. The fourth-order valence-corrected chi connectivity index (χ4v) is 3.23. The summed E-state index contributed by atoms with van der Waals surface area (Å²) in [5.41, 5.74) is 0. The molecule has 0 spiro atoms. The maximum Gasteiger partial charge on any atom is 0.407 e. The summed E-state index contributed by atoms with van der Waals surface area (Å²) in [4.78, 5) is 22.2. The Morgan fingerprint density at radius 2 is 2.00 bits per heavy atom. The predicted molar refractivity (Wildman–Crippen MR) is 69.4 cm³/mol. The van der Waals surface area contributed by atoms with Crippen molar-refractivity contribution in [3.05, 3.63) is 12.7 Å². The van der Waals surface area contributed by atoms with E-state index in [1.807, 2.05) is 0 Å². The van der Waals surface area contributed by atoms with Crippen LogP contribution >= 0.6 is 0 Å². The molecule has 5 heteroatoms. The Bertz CT molecular complexity index is 355. The lowest BCUT2D eigenvalue weighted by atomic mass is 9.89. The second-order valence-electron chi connectivity index (χ2n) is 5.32. The first kappa shape index (κ1) is 13.9. The summed E-state index contributed by atoms with van der Waals surface area (Å²) in [5.74, 6) is 1.78. The summed E-state index contributed by atoms with van der Waals surface area (Å²) in [6, 6.07) is 0. The molecule has 0 radical (unpaired) electrons. The van der Waals surface area contributed by atoms with Gasteiger partial charge in [0.2, 0.25) is 0 Å². The Labute approximate surface area is 113 Å². The van der Waals surface area contributed by atoms with Gasteiger partial charge in [0.15, 0.2) is 0 Å². The van der Waals surface area contributed by atoms with Gasteiger partial charge in [-0.15, -0.1) is 0 Å². The van der Waals surface area contributed by atoms with Gasteiger partial charge in [0.05, 0.1) is 0 Å². The lowest BCUT2D eigenvalue weighted by Crippen LogP contribution is -2.32. The lowest BCUT2D eigenvalue weighted by Gasteiger charge is -2.21. The highest BCUT2D eigenvalue weighted by Gasteiger charge is 2.39. The Morgan fingerprint density at radius 3 is 2.63 bits per heavy atom. The molecule has 1 amide bonds. The molecule has 5 nitrogen and oxygen atoms in total. The van der Waals surface area contributed by atoms with Crippen LogP contribution in [0.2, 0.25) is 0 Å². The molecule has 2 rings (SSSR count). The molecule has 2 saturated carbocycles. The molecule has 0 aromatic heterocycles. The Morgan fingerprint density at radius 1 is 1.21 bits per heavy atom. The van der Waals surface area contributed by atoms with Crippen LogP contribution in [0, 0.1) is 17.8 Å². The average molecular weight is 267 g/mol. The van der Waals surface area contributed by atoms with Crippen LogP contribution in [0.3, 0.4) is 0 Å². The van der Waals surface area contributed by atoms with Gasteiger partial charge in [0, 0.05) is 12.6 Å². The second-order valence-corrected chi connectivity index (χ2v) is 5.32. The van der Waals surface area contributed by atoms with Crippen LogP contribution in [0.1, 0.15) is 25.7 Å². The van der Waals surface area contributed by atoms with Crippen molar-refractivity contribution in [2.75, 3.05) is 19.8 Å². The van der Waals surface area contributed by atoms with Gasteiger partial charge in [0.1, 0.15) is 13.2 Å². The molecule has 2 aliphatic carbocycles. The molecule has 0 aliphatic heterocycles. The third kappa shape index (κ3) is 3.98. The highest BCUT2D eigenvalue weighted by molar-refractivity contribution is 5.81. The maximum atomic E-state index is 11.4. The highest BCUT2D eigenvalue weighted by Crippen LogP contribution is 2.47. The summed E-state index contributed by atoms with van der Waals surface area (Å²) in [5, 5.41) is 2.79. The average Bonchev–Trinajstić information content (AvgIpc) is 3.03. The Hall–Kier alpha value is -1.52. The summed E-state index contributed by atoms with van der Waals surface area (Å²) in [7, 11) is 0. The van der Waals surface area contributed by atoms with E-state index >= 15 is 0 Å². The fourth-order valence-electron chi connectivity index (χ4n) is 3.23. The van der Waals surface area contributed by atoms with Gasteiger partial charge >= 0.3 is 12.1 Å². The van der Waals surface area contributed by atoms with Gasteiger partial charge < -0.3 is 14.8 Å². The molecule has 0 saturated heterocycles. The van der Waals surface area contributed by atoms with E-state index in [1.54, 1.807) is 0 Å². The van der Waals surface area contributed by atoms with E-state index in [9.17, 15) is 9.59 Å². The SMILES string of the molecule is C=CC(=O)OCCOC(=O)NCC1CC2CCC1C2. The van der Waals surface area contributed by atoms with Crippen molar-refractivity contribution in [3.63, 3.8) is 0 Å². The van der Waals surface area contributed by atoms with Crippen molar-refractivity contribution < 1.29 is 19.1 Å². The second kappa shape index (κ2) is 6.59. The number of rotatable bonds is 6. The maximum absolute atomic E-state index is 11.4. The third-order valence-corrected chi connectivity index (χ3v) is 4.12. The van der Waals surface area contributed by atoms with E-state index in [2.05, 4.69) is 11.9 Å². The van der Waals surface area contributed by atoms with E-state index in [0.29, 0.717) is 12.5 Å². The summed E-state index contributed by atoms with van der Waals surface area (Å²) < 4.78 is 9.61. The van der Waals surface area contributed by atoms with E-state index in [1.165, 1.54) is 25.7 Å². The van der Waals surface area contributed by atoms with Crippen molar-refractivity contribution in [3.8, 4) is 0 Å². The number of carbonyl (C=O) groups excluding carboxylic acids is 2. The van der Waals surface area contributed by atoms with Crippen molar-refractivity contribution in [1.82, 2.24) is 5.32 Å². The summed E-state index contributed by atoms with van der Waals surface area (Å²) >= 11 is 0. The molecule has 19 heavy (non-hydrogen) atoms. The minimum absolute atomic E-state index is 0.0619. The number of carbonyl (C=O) groups is 2.